The quantitative estimate of drug-likeness (QED) is 0.907. The van der Waals surface area contributed by atoms with Gasteiger partial charge in [-0.2, -0.15) is 5.26 Å². The van der Waals surface area contributed by atoms with Gasteiger partial charge < -0.3 is 15.0 Å². The molecule has 0 aromatic carbocycles. The van der Waals surface area contributed by atoms with E-state index in [4.69, 9.17) is 4.74 Å². The number of nitrogens with zero attached hydrogens (tertiary/aromatic N) is 2. The van der Waals surface area contributed by atoms with E-state index in [1.165, 1.54) is 34.0 Å². The second-order valence-corrected chi connectivity index (χ2v) is 7.24. The number of carbonyl (C=O) groups is 2. The molecule has 2 aliphatic rings. The van der Waals surface area contributed by atoms with Crippen molar-refractivity contribution in [2.75, 3.05) is 25.0 Å². The highest BCUT2D eigenvalue weighted by molar-refractivity contribution is 7.16. The number of nitriles is 1. The maximum Gasteiger partial charge on any atom is 0.409 e. The third kappa shape index (κ3) is 3.70. The van der Waals surface area contributed by atoms with Crippen LogP contribution in [0.4, 0.5) is 9.80 Å². The van der Waals surface area contributed by atoms with Gasteiger partial charge in [-0.1, -0.05) is 12.8 Å². The lowest BCUT2D eigenvalue weighted by atomic mass is 9.97. The number of rotatable bonds is 4. The molecule has 0 radical (unpaired) electrons. The summed E-state index contributed by atoms with van der Waals surface area (Å²) in [5.74, 6) is -0.166. The van der Waals surface area contributed by atoms with Crippen LogP contribution in [-0.4, -0.2) is 36.6 Å². The number of ether oxygens (including phenoxy) is 1. The molecule has 0 unspecified atom stereocenters. The molecule has 0 bridgehead atoms. The van der Waals surface area contributed by atoms with Crippen molar-refractivity contribution in [3.8, 4) is 6.07 Å². The third-order valence-electron chi connectivity index (χ3n) is 4.49. The molecule has 0 atom stereocenters. The standard InChI is InChI=1S/C17H21N3O3S/c18-11-13-12-5-3-1-2-4-6-14(12)24-16(13)19-15(21)7-8-20-9-10-23-17(20)22/h1-10H2,(H,19,21). The average molecular weight is 347 g/mol. The zero-order valence-corrected chi connectivity index (χ0v) is 14.4. The van der Waals surface area contributed by atoms with Crippen molar-refractivity contribution in [3.05, 3.63) is 16.0 Å². The molecule has 1 fully saturated rings. The van der Waals surface area contributed by atoms with Gasteiger partial charge in [0.05, 0.1) is 12.1 Å². The molecule has 0 spiro atoms. The van der Waals surface area contributed by atoms with Gasteiger partial charge >= 0.3 is 6.09 Å². The van der Waals surface area contributed by atoms with E-state index in [0.29, 0.717) is 30.3 Å². The molecule has 128 valence electrons. The number of hydrogen-bond donors (Lipinski definition) is 1. The van der Waals surface area contributed by atoms with E-state index < -0.39 is 0 Å². The Labute approximate surface area is 145 Å². The molecule has 1 aromatic rings. The van der Waals surface area contributed by atoms with Crippen LogP contribution in [0.5, 0.6) is 0 Å². The van der Waals surface area contributed by atoms with Crippen molar-refractivity contribution in [2.24, 2.45) is 0 Å². The van der Waals surface area contributed by atoms with Crippen LogP contribution in [0.15, 0.2) is 0 Å². The molecule has 0 saturated carbocycles. The normalized spacial score (nSPS) is 17.5. The lowest BCUT2D eigenvalue weighted by molar-refractivity contribution is -0.116. The Kier molecular flexibility index (Phi) is 5.36. The van der Waals surface area contributed by atoms with E-state index in [9.17, 15) is 14.9 Å². The summed E-state index contributed by atoms with van der Waals surface area (Å²) in [4.78, 5) is 26.3. The van der Waals surface area contributed by atoms with Crippen molar-refractivity contribution >= 4 is 28.3 Å². The highest BCUT2D eigenvalue weighted by atomic mass is 32.1. The van der Waals surface area contributed by atoms with Gasteiger partial charge in [-0.15, -0.1) is 11.3 Å². The minimum atomic E-state index is -0.361. The lowest BCUT2D eigenvalue weighted by Gasteiger charge is -2.11. The molecule has 1 saturated heterocycles. The van der Waals surface area contributed by atoms with Crippen LogP contribution < -0.4 is 5.32 Å². The monoisotopic (exact) mass is 347 g/mol. The maximum absolute atomic E-state index is 12.2. The Hall–Kier alpha value is -2.07. The third-order valence-corrected chi connectivity index (χ3v) is 5.70. The van der Waals surface area contributed by atoms with Gasteiger partial charge in [-0.3, -0.25) is 4.79 Å². The first kappa shape index (κ1) is 16.8. The largest absolute Gasteiger partial charge is 0.448 e. The Balaban J connectivity index is 1.65. The van der Waals surface area contributed by atoms with Gasteiger partial charge in [0.2, 0.25) is 5.91 Å². The van der Waals surface area contributed by atoms with E-state index in [1.54, 1.807) is 0 Å². The number of thiophene rings is 1. The molecule has 1 aliphatic carbocycles. The van der Waals surface area contributed by atoms with Crippen molar-refractivity contribution in [3.63, 3.8) is 0 Å². The van der Waals surface area contributed by atoms with Gasteiger partial charge in [0, 0.05) is 17.8 Å². The predicted octanol–water partition coefficient (Wildman–Crippen LogP) is 3.06. The molecular weight excluding hydrogens is 326 g/mol. The highest BCUT2D eigenvalue weighted by Crippen LogP contribution is 2.36. The number of amides is 2. The molecule has 6 nitrogen and oxygen atoms in total. The fourth-order valence-corrected chi connectivity index (χ4v) is 4.44. The summed E-state index contributed by atoms with van der Waals surface area (Å²) in [6.07, 6.45) is 6.43. The van der Waals surface area contributed by atoms with Crippen LogP contribution in [-0.2, 0) is 22.4 Å². The van der Waals surface area contributed by atoms with Gasteiger partial charge in [-0.25, -0.2) is 4.79 Å². The number of nitrogens with one attached hydrogen (secondary N) is 1. The molecular formula is C17H21N3O3S. The Bertz CT molecular complexity index is 677. The van der Waals surface area contributed by atoms with E-state index in [-0.39, 0.29) is 18.4 Å². The second kappa shape index (κ2) is 7.67. The Morgan fingerprint density at radius 2 is 2.08 bits per heavy atom. The van der Waals surface area contributed by atoms with Crippen molar-refractivity contribution < 1.29 is 14.3 Å². The summed E-state index contributed by atoms with van der Waals surface area (Å²) in [6.45, 7) is 1.26. The van der Waals surface area contributed by atoms with Crippen LogP contribution in [0.3, 0.4) is 0 Å². The predicted molar refractivity (Wildman–Crippen MR) is 91.1 cm³/mol. The highest BCUT2D eigenvalue weighted by Gasteiger charge is 2.23. The molecule has 3 rings (SSSR count). The smallest absolute Gasteiger partial charge is 0.409 e. The fraction of sp³-hybridized carbons (Fsp3) is 0.588. The Morgan fingerprint density at radius 3 is 2.79 bits per heavy atom. The second-order valence-electron chi connectivity index (χ2n) is 6.13. The van der Waals surface area contributed by atoms with E-state index >= 15 is 0 Å². The van der Waals surface area contributed by atoms with Crippen LogP contribution in [0.2, 0.25) is 0 Å². The van der Waals surface area contributed by atoms with E-state index in [0.717, 1.165) is 31.2 Å². The number of anilines is 1. The zero-order chi connectivity index (χ0) is 16.9. The fourth-order valence-electron chi connectivity index (χ4n) is 3.18. The maximum atomic E-state index is 12.2. The van der Waals surface area contributed by atoms with Gasteiger partial charge in [-0.05, 0) is 31.2 Å². The topological polar surface area (TPSA) is 82.4 Å². The molecule has 24 heavy (non-hydrogen) atoms. The first-order valence-corrected chi connectivity index (χ1v) is 9.27. The summed E-state index contributed by atoms with van der Waals surface area (Å²) in [5, 5.41) is 13.1. The summed E-state index contributed by atoms with van der Waals surface area (Å²) in [5.41, 5.74) is 1.76. The number of carbonyl (C=O) groups excluding carboxylic acids is 2. The minimum absolute atomic E-state index is 0.166. The lowest BCUT2D eigenvalue weighted by Crippen LogP contribution is -2.28. The number of hydrogen-bond acceptors (Lipinski definition) is 5. The summed E-state index contributed by atoms with van der Waals surface area (Å²) >= 11 is 1.54. The number of cyclic esters (lactones) is 1. The number of aryl methyl sites for hydroxylation is 1. The summed E-state index contributed by atoms with van der Waals surface area (Å²) in [7, 11) is 0. The van der Waals surface area contributed by atoms with Gasteiger partial charge in [0.15, 0.2) is 0 Å². The number of fused-ring (bicyclic) bond motifs is 1. The van der Waals surface area contributed by atoms with Crippen LogP contribution in [0.1, 0.15) is 48.1 Å². The van der Waals surface area contributed by atoms with Crippen LogP contribution >= 0.6 is 11.3 Å². The molecule has 2 heterocycles. The van der Waals surface area contributed by atoms with Gasteiger partial charge in [0.1, 0.15) is 17.7 Å². The summed E-state index contributed by atoms with van der Waals surface area (Å²) in [6, 6.07) is 2.27. The van der Waals surface area contributed by atoms with Crippen molar-refractivity contribution in [2.45, 2.75) is 44.9 Å². The average Bonchev–Trinajstić information content (AvgIpc) is 3.08. The molecule has 1 aromatic heterocycles. The van der Waals surface area contributed by atoms with Crippen LogP contribution in [0.25, 0.3) is 0 Å². The molecule has 1 N–H and O–H groups in total. The van der Waals surface area contributed by atoms with Crippen molar-refractivity contribution in [1.82, 2.24) is 4.90 Å². The zero-order valence-electron chi connectivity index (χ0n) is 13.6. The van der Waals surface area contributed by atoms with Crippen LogP contribution in [0, 0.1) is 11.3 Å². The molecule has 7 heteroatoms. The van der Waals surface area contributed by atoms with Gasteiger partial charge in [0.25, 0.3) is 0 Å². The first-order chi connectivity index (χ1) is 11.7. The van der Waals surface area contributed by atoms with Crippen molar-refractivity contribution in [1.29, 1.82) is 5.26 Å². The minimum Gasteiger partial charge on any atom is -0.448 e. The molecule has 1 aliphatic heterocycles. The SMILES string of the molecule is N#Cc1c(NC(=O)CCN2CCOC2=O)sc2c1CCCCCC2. The first-order valence-electron chi connectivity index (χ1n) is 8.45. The molecule has 2 amide bonds. The Morgan fingerprint density at radius 1 is 1.29 bits per heavy atom. The van der Waals surface area contributed by atoms with E-state index in [2.05, 4.69) is 11.4 Å². The summed E-state index contributed by atoms with van der Waals surface area (Å²) < 4.78 is 4.85. The van der Waals surface area contributed by atoms with E-state index in [1.807, 2.05) is 0 Å².